The van der Waals surface area contributed by atoms with Crippen molar-refractivity contribution in [2.45, 2.75) is 25.8 Å². The number of fused-ring (bicyclic) bond motifs is 1. The highest BCUT2D eigenvalue weighted by Gasteiger charge is 2.48. The van der Waals surface area contributed by atoms with Gasteiger partial charge in [-0.25, -0.2) is 4.79 Å². The van der Waals surface area contributed by atoms with Crippen LogP contribution in [0.3, 0.4) is 0 Å². The van der Waals surface area contributed by atoms with E-state index in [0.717, 1.165) is 22.0 Å². The van der Waals surface area contributed by atoms with Gasteiger partial charge in [0.05, 0.1) is 36.8 Å². The van der Waals surface area contributed by atoms with Crippen LogP contribution < -0.4 is 4.74 Å². The Bertz CT molecular complexity index is 1200. The molecule has 3 aromatic rings. The molecule has 32 heavy (non-hydrogen) atoms. The first-order valence-electron chi connectivity index (χ1n) is 10.3. The maximum Gasteiger partial charge on any atom is 0.355 e. The summed E-state index contributed by atoms with van der Waals surface area (Å²) in [5, 5.41) is 1.75. The highest BCUT2D eigenvalue weighted by molar-refractivity contribution is 6.42. The maximum absolute atomic E-state index is 13.2. The fourth-order valence-corrected chi connectivity index (χ4v) is 4.51. The van der Waals surface area contributed by atoms with Crippen LogP contribution in [-0.4, -0.2) is 37.3 Å². The fraction of sp³-hybridized carbons (Fsp3) is 0.333. The van der Waals surface area contributed by atoms with Crippen LogP contribution >= 0.6 is 23.2 Å². The number of carbonyl (C=O) groups excluding carboxylic acids is 2. The molecule has 1 aromatic heterocycles. The van der Waals surface area contributed by atoms with Gasteiger partial charge in [-0.1, -0.05) is 29.3 Å². The van der Waals surface area contributed by atoms with Gasteiger partial charge in [-0.3, -0.25) is 4.79 Å². The van der Waals surface area contributed by atoms with E-state index >= 15 is 0 Å². The zero-order valence-corrected chi connectivity index (χ0v) is 19.5. The first-order chi connectivity index (χ1) is 15.4. The van der Waals surface area contributed by atoms with Crippen molar-refractivity contribution < 1.29 is 23.8 Å². The summed E-state index contributed by atoms with van der Waals surface area (Å²) in [4.78, 5) is 25.4. The number of rotatable bonds is 7. The van der Waals surface area contributed by atoms with Crippen LogP contribution in [0.15, 0.2) is 36.4 Å². The topological polar surface area (TPSA) is 66.8 Å². The number of benzene rings is 2. The molecular weight excluding hydrogens is 453 g/mol. The van der Waals surface area contributed by atoms with Gasteiger partial charge >= 0.3 is 11.9 Å². The number of halogens is 2. The van der Waals surface area contributed by atoms with Crippen LogP contribution in [0.5, 0.6) is 5.75 Å². The third-order valence-electron chi connectivity index (χ3n) is 5.77. The highest BCUT2D eigenvalue weighted by atomic mass is 35.5. The van der Waals surface area contributed by atoms with Crippen LogP contribution in [0.25, 0.3) is 10.9 Å². The van der Waals surface area contributed by atoms with Crippen molar-refractivity contribution in [1.82, 2.24) is 4.57 Å². The third kappa shape index (κ3) is 4.05. The molecule has 2 aromatic carbocycles. The molecule has 4 rings (SSSR count). The Labute approximate surface area is 196 Å². The van der Waals surface area contributed by atoms with Gasteiger partial charge in [0.2, 0.25) is 0 Å². The lowest BCUT2D eigenvalue weighted by Crippen LogP contribution is -2.15. The molecule has 1 aliphatic carbocycles. The standard InChI is InChI=1S/C24H23Cl2NO5/c1-4-32-24(29)22-21(15-11-16(15)23(28)31-3)17-10-14(30-2)6-8-20(17)27(22)12-13-5-7-18(25)19(26)9-13/h5-10,15-16H,4,11-12H2,1-3H3. The van der Waals surface area contributed by atoms with Gasteiger partial charge < -0.3 is 18.8 Å². The number of aromatic nitrogens is 1. The van der Waals surface area contributed by atoms with Crippen molar-refractivity contribution in [1.29, 1.82) is 0 Å². The van der Waals surface area contributed by atoms with Crippen molar-refractivity contribution in [2.75, 3.05) is 20.8 Å². The SMILES string of the molecule is CCOC(=O)c1c(C2CC2C(=O)OC)c2cc(OC)ccc2n1Cc1ccc(Cl)c(Cl)c1. The zero-order valence-electron chi connectivity index (χ0n) is 18.0. The van der Waals surface area contributed by atoms with Gasteiger partial charge in [-0.15, -0.1) is 0 Å². The summed E-state index contributed by atoms with van der Waals surface area (Å²) < 4.78 is 17.7. The number of nitrogens with zero attached hydrogens (tertiary/aromatic N) is 1. The molecule has 168 valence electrons. The van der Waals surface area contributed by atoms with Crippen molar-refractivity contribution in [2.24, 2.45) is 5.92 Å². The lowest BCUT2D eigenvalue weighted by atomic mass is 10.0. The Morgan fingerprint density at radius 2 is 1.88 bits per heavy atom. The second-order valence-corrected chi connectivity index (χ2v) is 8.49. The van der Waals surface area contributed by atoms with Crippen LogP contribution in [0.4, 0.5) is 0 Å². The molecule has 0 aliphatic heterocycles. The molecule has 0 bridgehead atoms. The Kier molecular flexibility index (Phi) is 6.35. The minimum Gasteiger partial charge on any atom is -0.497 e. The third-order valence-corrected chi connectivity index (χ3v) is 6.51. The van der Waals surface area contributed by atoms with Crippen LogP contribution in [0.2, 0.25) is 10.0 Å². The van der Waals surface area contributed by atoms with E-state index in [1.54, 1.807) is 26.2 Å². The molecular formula is C24H23Cl2NO5. The average Bonchev–Trinajstić information content (AvgIpc) is 3.52. The molecule has 1 aliphatic rings. The Balaban J connectivity index is 1.92. The van der Waals surface area contributed by atoms with E-state index in [0.29, 0.717) is 34.5 Å². The van der Waals surface area contributed by atoms with Gasteiger partial charge in [0.25, 0.3) is 0 Å². The molecule has 0 saturated heterocycles. The fourth-order valence-electron chi connectivity index (χ4n) is 4.19. The number of hydrogen-bond donors (Lipinski definition) is 0. The normalized spacial score (nSPS) is 17.3. The second kappa shape index (κ2) is 9.04. The quantitative estimate of drug-likeness (QED) is 0.424. The van der Waals surface area contributed by atoms with E-state index in [1.165, 1.54) is 7.11 Å². The van der Waals surface area contributed by atoms with Crippen molar-refractivity contribution in [3.8, 4) is 5.75 Å². The lowest BCUT2D eigenvalue weighted by molar-refractivity contribution is -0.142. The highest BCUT2D eigenvalue weighted by Crippen LogP contribution is 2.52. The summed E-state index contributed by atoms with van der Waals surface area (Å²) >= 11 is 12.3. The molecule has 0 spiro atoms. The van der Waals surface area contributed by atoms with Crippen LogP contribution in [0.1, 0.15) is 40.9 Å². The Morgan fingerprint density at radius 3 is 2.53 bits per heavy atom. The number of esters is 2. The summed E-state index contributed by atoms with van der Waals surface area (Å²) in [6, 6.07) is 11.0. The van der Waals surface area contributed by atoms with Gasteiger partial charge in [0.1, 0.15) is 11.4 Å². The van der Waals surface area contributed by atoms with Gasteiger partial charge in [-0.05, 0) is 54.8 Å². The van der Waals surface area contributed by atoms with E-state index in [9.17, 15) is 9.59 Å². The van der Waals surface area contributed by atoms with Gasteiger partial charge in [0, 0.05) is 23.4 Å². The average molecular weight is 476 g/mol. The number of methoxy groups -OCH3 is 2. The van der Waals surface area contributed by atoms with Crippen molar-refractivity contribution in [3.05, 3.63) is 63.3 Å². The monoisotopic (exact) mass is 475 g/mol. The summed E-state index contributed by atoms with van der Waals surface area (Å²) in [6.07, 6.45) is 0.613. The minimum absolute atomic E-state index is 0.133. The number of carbonyl (C=O) groups is 2. The molecule has 2 unspecified atom stereocenters. The van der Waals surface area contributed by atoms with Crippen molar-refractivity contribution in [3.63, 3.8) is 0 Å². The van der Waals surface area contributed by atoms with E-state index < -0.39 is 5.97 Å². The summed E-state index contributed by atoms with van der Waals surface area (Å²) in [5.41, 5.74) is 2.93. The molecule has 1 heterocycles. The lowest BCUT2D eigenvalue weighted by Gasteiger charge is -2.12. The van der Waals surface area contributed by atoms with Gasteiger partial charge in [0.15, 0.2) is 0 Å². The van der Waals surface area contributed by atoms with Gasteiger partial charge in [-0.2, -0.15) is 0 Å². The molecule has 0 amide bonds. The Morgan fingerprint density at radius 1 is 1.09 bits per heavy atom. The van der Waals surface area contributed by atoms with E-state index in [4.69, 9.17) is 37.4 Å². The van der Waals surface area contributed by atoms with Crippen LogP contribution in [-0.2, 0) is 20.8 Å². The van der Waals surface area contributed by atoms with Crippen molar-refractivity contribution >= 4 is 46.0 Å². The molecule has 1 fully saturated rings. The predicted molar refractivity (Wildman–Crippen MR) is 123 cm³/mol. The minimum atomic E-state index is -0.437. The first-order valence-corrected chi connectivity index (χ1v) is 11.0. The van der Waals surface area contributed by atoms with E-state index in [1.807, 2.05) is 28.8 Å². The molecule has 0 radical (unpaired) electrons. The number of ether oxygens (including phenoxy) is 3. The predicted octanol–water partition coefficient (Wildman–Crippen LogP) is 5.46. The molecule has 0 N–H and O–H groups in total. The first kappa shape index (κ1) is 22.5. The summed E-state index contributed by atoms with van der Waals surface area (Å²) in [6.45, 7) is 2.38. The molecule has 1 saturated carbocycles. The summed E-state index contributed by atoms with van der Waals surface area (Å²) in [5.74, 6) is -0.475. The maximum atomic E-state index is 13.2. The smallest absolute Gasteiger partial charge is 0.355 e. The van der Waals surface area contributed by atoms with E-state index in [-0.39, 0.29) is 24.4 Å². The molecule has 8 heteroatoms. The zero-order chi connectivity index (χ0) is 23.0. The molecule has 6 nitrogen and oxygen atoms in total. The largest absolute Gasteiger partial charge is 0.497 e. The summed E-state index contributed by atoms with van der Waals surface area (Å²) in [7, 11) is 2.97. The number of hydrogen-bond acceptors (Lipinski definition) is 5. The van der Waals surface area contributed by atoms with E-state index in [2.05, 4.69) is 0 Å². The Hall–Kier alpha value is -2.70. The second-order valence-electron chi connectivity index (χ2n) is 7.67. The molecule has 2 atom stereocenters. The van der Waals surface area contributed by atoms with Crippen LogP contribution in [0, 0.1) is 5.92 Å².